The van der Waals surface area contributed by atoms with Gasteiger partial charge in [-0.3, -0.25) is 9.78 Å². The number of nitrogens with zero attached hydrogens (tertiary/aromatic N) is 1. The molecule has 0 atom stereocenters. The van der Waals surface area contributed by atoms with Gasteiger partial charge in [0, 0.05) is 6.54 Å². The quantitative estimate of drug-likeness (QED) is 0.766. The van der Waals surface area contributed by atoms with Gasteiger partial charge in [0.25, 0.3) is 5.91 Å². The average molecular weight is 238 g/mol. The van der Waals surface area contributed by atoms with Crippen LogP contribution in [0.3, 0.4) is 0 Å². The molecule has 1 aromatic heterocycles. The number of aliphatic hydroxyl groups is 1. The zero-order chi connectivity index (χ0) is 12.7. The fourth-order valence-corrected chi connectivity index (χ4v) is 1.11. The first-order valence-electron chi connectivity index (χ1n) is 5.57. The van der Waals surface area contributed by atoms with Gasteiger partial charge in [-0.2, -0.15) is 0 Å². The fraction of sp³-hybridized carbons (Fsp3) is 0.500. The van der Waals surface area contributed by atoms with E-state index in [1.54, 1.807) is 12.1 Å². The van der Waals surface area contributed by atoms with Crippen molar-refractivity contribution in [3.8, 4) is 5.75 Å². The van der Waals surface area contributed by atoms with Crippen molar-refractivity contribution in [2.75, 3.05) is 13.2 Å². The molecule has 94 valence electrons. The van der Waals surface area contributed by atoms with E-state index in [4.69, 9.17) is 9.84 Å². The van der Waals surface area contributed by atoms with E-state index in [2.05, 4.69) is 10.3 Å². The second kappa shape index (κ2) is 6.85. The normalized spacial score (nSPS) is 10.4. The Kier molecular flexibility index (Phi) is 5.42. The number of ether oxygens (including phenoxy) is 1. The average Bonchev–Trinajstić information content (AvgIpc) is 2.34. The molecule has 1 heterocycles. The predicted octanol–water partition coefficient (Wildman–Crippen LogP) is 0.725. The molecular formula is C12H18N2O3. The van der Waals surface area contributed by atoms with Crippen LogP contribution in [0.5, 0.6) is 5.75 Å². The Bertz CT molecular complexity index is 349. The van der Waals surface area contributed by atoms with Gasteiger partial charge in [0.1, 0.15) is 5.75 Å². The van der Waals surface area contributed by atoms with Gasteiger partial charge in [-0.05, 0) is 18.1 Å². The summed E-state index contributed by atoms with van der Waals surface area (Å²) >= 11 is 0. The number of aliphatic hydroxyl groups excluding tert-OH is 1. The third-order valence-electron chi connectivity index (χ3n) is 2.04. The summed E-state index contributed by atoms with van der Waals surface area (Å²) in [6.45, 7) is 4.57. The van der Waals surface area contributed by atoms with Gasteiger partial charge in [0.15, 0.2) is 6.61 Å². The molecule has 0 saturated carbocycles. The number of amides is 1. The number of hydrogen-bond donors (Lipinski definition) is 2. The maximum absolute atomic E-state index is 11.3. The minimum atomic E-state index is -0.148. The lowest BCUT2D eigenvalue weighted by Gasteiger charge is -2.09. The standard InChI is InChI=1S/C12H18N2O3/c1-9(2)5-14-12(16)8-17-11-4-3-10(7-15)13-6-11/h3-4,6,9,15H,5,7-8H2,1-2H3,(H,14,16). The highest BCUT2D eigenvalue weighted by atomic mass is 16.5. The van der Waals surface area contributed by atoms with E-state index in [-0.39, 0.29) is 19.1 Å². The van der Waals surface area contributed by atoms with Crippen molar-refractivity contribution in [3.05, 3.63) is 24.0 Å². The number of aromatic nitrogens is 1. The first kappa shape index (κ1) is 13.4. The summed E-state index contributed by atoms with van der Waals surface area (Å²) in [5.74, 6) is 0.788. The molecule has 0 aliphatic heterocycles. The minimum absolute atomic E-state index is 0.0210. The first-order chi connectivity index (χ1) is 8.11. The second-order valence-electron chi connectivity index (χ2n) is 4.13. The molecule has 0 spiro atoms. The van der Waals surface area contributed by atoms with Crippen LogP contribution in [0.1, 0.15) is 19.5 Å². The van der Waals surface area contributed by atoms with Crippen molar-refractivity contribution in [3.63, 3.8) is 0 Å². The molecule has 2 N–H and O–H groups in total. The number of nitrogens with one attached hydrogen (secondary N) is 1. The van der Waals surface area contributed by atoms with Crippen molar-refractivity contribution < 1.29 is 14.6 Å². The molecule has 0 unspecified atom stereocenters. The van der Waals surface area contributed by atoms with Crippen LogP contribution in [0.25, 0.3) is 0 Å². The lowest BCUT2D eigenvalue weighted by atomic mass is 10.2. The first-order valence-corrected chi connectivity index (χ1v) is 5.57. The van der Waals surface area contributed by atoms with Crippen molar-refractivity contribution in [1.29, 1.82) is 0 Å². The van der Waals surface area contributed by atoms with Crippen molar-refractivity contribution in [2.45, 2.75) is 20.5 Å². The summed E-state index contributed by atoms with van der Waals surface area (Å²) < 4.78 is 5.24. The van der Waals surface area contributed by atoms with Crippen LogP contribution < -0.4 is 10.1 Å². The highest BCUT2D eigenvalue weighted by Gasteiger charge is 2.03. The van der Waals surface area contributed by atoms with E-state index in [1.807, 2.05) is 13.8 Å². The smallest absolute Gasteiger partial charge is 0.257 e. The van der Waals surface area contributed by atoms with Crippen molar-refractivity contribution in [1.82, 2.24) is 10.3 Å². The van der Waals surface area contributed by atoms with Crippen LogP contribution >= 0.6 is 0 Å². The van der Waals surface area contributed by atoms with Gasteiger partial charge in [-0.1, -0.05) is 13.8 Å². The molecule has 0 fully saturated rings. The monoisotopic (exact) mass is 238 g/mol. The Balaban J connectivity index is 2.31. The van der Waals surface area contributed by atoms with Crippen molar-refractivity contribution >= 4 is 5.91 Å². The molecule has 1 rings (SSSR count). The summed E-state index contributed by atoms with van der Waals surface area (Å²) in [6.07, 6.45) is 1.49. The zero-order valence-electron chi connectivity index (χ0n) is 10.1. The molecule has 0 aliphatic carbocycles. The Labute approximate surface area is 101 Å². The van der Waals surface area contributed by atoms with Gasteiger partial charge in [0.2, 0.25) is 0 Å². The molecule has 0 aromatic carbocycles. The van der Waals surface area contributed by atoms with Gasteiger partial charge in [0.05, 0.1) is 18.5 Å². The number of rotatable bonds is 6. The Morgan fingerprint density at radius 1 is 1.53 bits per heavy atom. The molecular weight excluding hydrogens is 220 g/mol. The molecule has 0 radical (unpaired) electrons. The van der Waals surface area contributed by atoms with Crippen LogP contribution in [-0.4, -0.2) is 29.1 Å². The molecule has 0 aliphatic rings. The minimum Gasteiger partial charge on any atom is -0.482 e. The zero-order valence-corrected chi connectivity index (χ0v) is 10.1. The lowest BCUT2D eigenvalue weighted by molar-refractivity contribution is -0.123. The summed E-state index contributed by atoms with van der Waals surface area (Å²) in [5, 5.41) is 11.6. The largest absolute Gasteiger partial charge is 0.482 e. The van der Waals surface area contributed by atoms with Crippen LogP contribution in [0.2, 0.25) is 0 Å². The van der Waals surface area contributed by atoms with Gasteiger partial charge >= 0.3 is 0 Å². The fourth-order valence-electron chi connectivity index (χ4n) is 1.11. The van der Waals surface area contributed by atoms with E-state index >= 15 is 0 Å². The van der Waals surface area contributed by atoms with Gasteiger partial charge in [-0.15, -0.1) is 0 Å². The Morgan fingerprint density at radius 2 is 2.29 bits per heavy atom. The summed E-state index contributed by atoms with van der Waals surface area (Å²) in [5.41, 5.74) is 0.571. The highest BCUT2D eigenvalue weighted by molar-refractivity contribution is 5.77. The SMILES string of the molecule is CC(C)CNC(=O)COc1ccc(CO)nc1. The maximum Gasteiger partial charge on any atom is 0.257 e. The lowest BCUT2D eigenvalue weighted by Crippen LogP contribution is -2.31. The van der Waals surface area contributed by atoms with Crippen LogP contribution in [0, 0.1) is 5.92 Å². The van der Waals surface area contributed by atoms with Crippen LogP contribution in [-0.2, 0) is 11.4 Å². The number of carbonyl (C=O) groups excluding carboxylic acids is 1. The highest BCUT2D eigenvalue weighted by Crippen LogP contribution is 2.08. The van der Waals surface area contributed by atoms with E-state index in [1.165, 1.54) is 6.20 Å². The van der Waals surface area contributed by atoms with E-state index in [0.29, 0.717) is 23.9 Å². The molecule has 1 aromatic rings. The van der Waals surface area contributed by atoms with E-state index in [0.717, 1.165) is 0 Å². The molecule has 5 nitrogen and oxygen atoms in total. The van der Waals surface area contributed by atoms with Crippen LogP contribution in [0.15, 0.2) is 18.3 Å². The number of carbonyl (C=O) groups is 1. The number of pyridine rings is 1. The summed E-state index contributed by atoms with van der Waals surface area (Å²) in [6, 6.07) is 3.33. The molecule has 1 amide bonds. The Hall–Kier alpha value is -1.62. The van der Waals surface area contributed by atoms with Crippen LogP contribution in [0.4, 0.5) is 0 Å². The predicted molar refractivity (Wildman–Crippen MR) is 63.5 cm³/mol. The molecule has 0 bridgehead atoms. The van der Waals surface area contributed by atoms with Gasteiger partial charge in [-0.25, -0.2) is 0 Å². The third-order valence-corrected chi connectivity index (χ3v) is 2.04. The molecule has 0 saturated heterocycles. The van der Waals surface area contributed by atoms with E-state index in [9.17, 15) is 4.79 Å². The summed E-state index contributed by atoms with van der Waals surface area (Å²) in [7, 11) is 0. The Morgan fingerprint density at radius 3 is 2.82 bits per heavy atom. The van der Waals surface area contributed by atoms with Gasteiger partial charge < -0.3 is 15.2 Å². The second-order valence-corrected chi connectivity index (χ2v) is 4.13. The number of hydrogen-bond acceptors (Lipinski definition) is 4. The topological polar surface area (TPSA) is 71.5 Å². The summed E-state index contributed by atoms with van der Waals surface area (Å²) in [4.78, 5) is 15.3. The molecule has 5 heteroatoms. The van der Waals surface area contributed by atoms with E-state index < -0.39 is 0 Å². The maximum atomic E-state index is 11.3. The third kappa shape index (κ3) is 5.31. The molecule has 17 heavy (non-hydrogen) atoms. The van der Waals surface area contributed by atoms with Crippen molar-refractivity contribution in [2.24, 2.45) is 5.92 Å².